The number of H-pyrrole nitrogens is 2. The number of hydrogen-bond donors (Lipinski definition) is 4. The predicted octanol–water partition coefficient (Wildman–Crippen LogP) is 2.42. The van der Waals surface area contributed by atoms with E-state index in [0.717, 1.165) is 22.5 Å². The number of Topliss-reactive ketones (excluding diaryl/α,β-unsaturated/α-hetero) is 1. The molecule has 1 amide bonds. The molecule has 0 radical (unpaired) electrons. The molecule has 1 aliphatic carbocycles. The van der Waals surface area contributed by atoms with Gasteiger partial charge in [-0.1, -0.05) is 6.07 Å². The average Bonchev–Trinajstić information content (AvgIpc) is 3.21. The maximum atomic E-state index is 12.6. The number of aromatic amines is 2. The highest BCUT2D eigenvalue weighted by Crippen LogP contribution is 2.47. The molecule has 0 aliphatic heterocycles. The van der Waals surface area contributed by atoms with Crippen molar-refractivity contribution in [2.24, 2.45) is 5.92 Å². The first-order valence-electron chi connectivity index (χ1n) is 9.32. The number of fused-ring (bicyclic) bond motifs is 2. The lowest BCUT2D eigenvalue weighted by Crippen LogP contribution is -2.48. The molecule has 29 heavy (non-hydrogen) atoms. The zero-order chi connectivity index (χ0) is 20.9. The van der Waals surface area contributed by atoms with Crippen LogP contribution in [0.2, 0.25) is 0 Å². The van der Waals surface area contributed by atoms with Gasteiger partial charge >= 0.3 is 6.09 Å². The second-order valence-electron chi connectivity index (χ2n) is 7.79. The highest BCUT2D eigenvalue weighted by molar-refractivity contribution is 5.87. The summed E-state index contributed by atoms with van der Waals surface area (Å²) in [6.07, 6.45) is -0.310. The number of methoxy groups -OCH3 is 1. The first-order valence-corrected chi connectivity index (χ1v) is 9.32. The first-order chi connectivity index (χ1) is 13.7. The second-order valence-corrected chi connectivity index (χ2v) is 7.79. The van der Waals surface area contributed by atoms with Gasteiger partial charge < -0.3 is 14.8 Å². The van der Waals surface area contributed by atoms with Gasteiger partial charge in [-0.3, -0.25) is 15.2 Å². The molecule has 3 aromatic rings. The molecular formula is C20H23N5O4. The van der Waals surface area contributed by atoms with Gasteiger partial charge in [-0.05, 0) is 38.5 Å². The van der Waals surface area contributed by atoms with Crippen molar-refractivity contribution in [2.75, 3.05) is 12.4 Å². The minimum atomic E-state index is -1.22. The third-order valence-corrected chi connectivity index (χ3v) is 5.62. The standard InChI is InChI=1S/C20H23N5O4/c1-9-15-14(25-24-9)8-20(3,28)17(10(2)26)16(15)11-5-6-12-13(7-11)22-18(21-12)23-19(27)29-4/h5-7,16-17,28H,8H2,1-4H3,(H,24,25)(H2,21,22,23,27). The van der Waals surface area contributed by atoms with Gasteiger partial charge in [0, 0.05) is 23.6 Å². The van der Waals surface area contributed by atoms with Crippen LogP contribution in [0.5, 0.6) is 0 Å². The molecule has 0 saturated heterocycles. The Balaban J connectivity index is 1.84. The Morgan fingerprint density at radius 3 is 2.83 bits per heavy atom. The topological polar surface area (TPSA) is 133 Å². The van der Waals surface area contributed by atoms with E-state index in [4.69, 9.17) is 0 Å². The van der Waals surface area contributed by atoms with Crippen molar-refractivity contribution in [1.29, 1.82) is 0 Å². The Labute approximate surface area is 166 Å². The summed E-state index contributed by atoms with van der Waals surface area (Å²) in [6.45, 7) is 5.12. The van der Waals surface area contributed by atoms with E-state index in [1.165, 1.54) is 14.0 Å². The van der Waals surface area contributed by atoms with Crippen LogP contribution in [0.15, 0.2) is 18.2 Å². The summed E-state index contributed by atoms with van der Waals surface area (Å²) in [6, 6.07) is 5.60. The molecule has 0 saturated carbocycles. The van der Waals surface area contributed by atoms with E-state index in [1.807, 2.05) is 25.1 Å². The van der Waals surface area contributed by atoms with Gasteiger partial charge in [0.2, 0.25) is 5.95 Å². The van der Waals surface area contributed by atoms with Crippen LogP contribution in [0.1, 0.15) is 42.3 Å². The normalized spacial score (nSPS) is 23.6. The number of anilines is 1. The molecule has 152 valence electrons. The number of aliphatic hydroxyl groups is 1. The van der Waals surface area contributed by atoms with Crippen LogP contribution in [-0.4, -0.2) is 49.9 Å². The molecule has 4 rings (SSSR count). The maximum Gasteiger partial charge on any atom is 0.413 e. The number of amides is 1. The Morgan fingerprint density at radius 1 is 1.38 bits per heavy atom. The van der Waals surface area contributed by atoms with Crippen molar-refractivity contribution in [1.82, 2.24) is 20.2 Å². The fraction of sp³-hybridized carbons (Fsp3) is 0.400. The summed E-state index contributed by atoms with van der Waals surface area (Å²) in [5.41, 5.74) is 3.60. The molecule has 3 atom stereocenters. The first kappa shape index (κ1) is 19.1. The minimum Gasteiger partial charge on any atom is -0.453 e. The van der Waals surface area contributed by atoms with E-state index in [0.29, 0.717) is 17.5 Å². The van der Waals surface area contributed by atoms with E-state index in [2.05, 4.69) is 30.2 Å². The molecule has 4 N–H and O–H groups in total. The van der Waals surface area contributed by atoms with Gasteiger partial charge in [0.05, 0.1) is 35.4 Å². The lowest BCUT2D eigenvalue weighted by molar-refractivity contribution is -0.130. The second kappa shape index (κ2) is 6.70. The van der Waals surface area contributed by atoms with Crippen LogP contribution in [0.4, 0.5) is 10.7 Å². The van der Waals surface area contributed by atoms with Crippen LogP contribution in [-0.2, 0) is 16.0 Å². The molecule has 0 bridgehead atoms. The Hall–Kier alpha value is -3.20. The summed E-state index contributed by atoms with van der Waals surface area (Å²) < 4.78 is 4.59. The summed E-state index contributed by atoms with van der Waals surface area (Å²) in [7, 11) is 1.28. The maximum absolute atomic E-state index is 12.6. The SMILES string of the molecule is COC(=O)Nc1nc2ccc(C3c4c(n[nH]c4C)CC(C)(O)C3C(C)=O)cc2[nH]1. The van der Waals surface area contributed by atoms with Crippen molar-refractivity contribution < 1.29 is 19.4 Å². The fourth-order valence-electron chi connectivity index (χ4n) is 4.47. The molecule has 2 heterocycles. The Kier molecular flexibility index (Phi) is 4.42. The van der Waals surface area contributed by atoms with Gasteiger partial charge in [-0.2, -0.15) is 5.10 Å². The number of ketones is 1. The number of ether oxygens (including phenoxy) is 1. The quantitative estimate of drug-likeness (QED) is 0.536. The van der Waals surface area contributed by atoms with Crippen molar-refractivity contribution in [3.8, 4) is 0 Å². The number of aryl methyl sites for hydroxylation is 1. The molecule has 1 aliphatic rings. The van der Waals surface area contributed by atoms with Gasteiger partial charge in [-0.15, -0.1) is 0 Å². The number of carbonyl (C=O) groups excluding carboxylic acids is 2. The number of carbonyl (C=O) groups is 2. The van der Waals surface area contributed by atoms with Gasteiger partial charge in [0.25, 0.3) is 0 Å². The molecule has 3 unspecified atom stereocenters. The highest BCUT2D eigenvalue weighted by Gasteiger charge is 2.48. The molecule has 0 fully saturated rings. The molecular weight excluding hydrogens is 374 g/mol. The van der Waals surface area contributed by atoms with Crippen LogP contribution in [0, 0.1) is 12.8 Å². The number of nitrogens with one attached hydrogen (secondary N) is 3. The van der Waals surface area contributed by atoms with Crippen LogP contribution < -0.4 is 5.32 Å². The van der Waals surface area contributed by atoms with Crippen molar-refractivity contribution in [2.45, 2.75) is 38.7 Å². The average molecular weight is 397 g/mol. The third-order valence-electron chi connectivity index (χ3n) is 5.62. The highest BCUT2D eigenvalue weighted by atomic mass is 16.5. The Bertz CT molecular complexity index is 1110. The van der Waals surface area contributed by atoms with E-state index in [1.54, 1.807) is 6.92 Å². The molecule has 9 heteroatoms. The number of hydrogen-bond acceptors (Lipinski definition) is 6. The molecule has 1 aromatic carbocycles. The monoisotopic (exact) mass is 397 g/mol. The molecule has 0 spiro atoms. The number of rotatable bonds is 3. The summed E-state index contributed by atoms with van der Waals surface area (Å²) in [5.74, 6) is -0.777. The van der Waals surface area contributed by atoms with Crippen LogP contribution in [0.25, 0.3) is 11.0 Å². The Morgan fingerprint density at radius 2 is 2.14 bits per heavy atom. The van der Waals surface area contributed by atoms with Gasteiger partial charge in [0.15, 0.2) is 0 Å². The van der Waals surface area contributed by atoms with E-state index < -0.39 is 17.6 Å². The van der Waals surface area contributed by atoms with Crippen molar-refractivity contribution in [3.05, 3.63) is 40.7 Å². The van der Waals surface area contributed by atoms with Crippen molar-refractivity contribution in [3.63, 3.8) is 0 Å². The summed E-state index contributed by atoms with van der Waals surface area (Å²) in [5, 5.41) is 20.9. The lowest BCUT2D eigenvalue weighted by Gasteiger charge is -2.41. The van der Waals surface area contributed by atoms with Gasteiger partial charge in [0.1, 0.15) is 5.78 Å². The van der Waals surface area contributed by atoms with E-state index >= 15 is 0 Å². The molecule has 2 aromatic heterocycles. The largest absolute Gasteiger partial charge is 0.453 e. The van der Waals surface area contributed by atoms with Gasteiger partial charge in [-0.25, -0.2) is 9.78 Å². The summed E-state index contributed by atoms with van der Waals surface area (Å²) in [4.78, 5) is 31.4. The third kappa shape index (κ3) is 3.17. The number of imidazole rings is 1. The minimum absolute atomic E-state index is 0.0796. The van der Waals surface area contributed by atoms with E-state index in [-0.39, 0.29) is 17.6 Å². The number of nitrogens with zero attached hydrogens (tertiary/aromatic N) is 2. The van der Waals surface area contributed by atoms with Crippen LogP contribution in [0.3, 0.4) is 0 Å². The van der Waals surface area contributed by atoms with Crippen molar-refractivity contribution >= 4 is 28.9 Å². The zero-order valence-corrected chi connectivity index (χ0v) is 16.7. The predicted molar refractivity (Wildman–Crippen MR) is 106 cm³/mol. The number of aromatic nitrogens is 4. The summed E-state index contributed by atoms with van der Waals surface area (Å²) >= 11 is 0. The van der Waals surface area contributed by atoms with E-state index in [9.17, 15) is 14.7 Å². The lowest BCUT2D eigenvalue weighted by atomic mass is 9.64. The smallest absolute Gasteiger partial charge is 0.413 e. The molecule has 9 nitrogen and oxygen atoms in total. The van der Waals surface area contributed by atoms with Crippen LogP contribution >= 0.6 is 0 Å². The zero-order valence-electron chi connectivity index (χ0n) is 16.7. The number of benzene rings is 1. The fourth-order valence-corrected chi connectivity index (χ4v) is 4.47.